The molecule has 1 aliphatic heterocycles. The third kappa shape index (κ3) is 4.81. The van der Waals surface area contributed by atoms with E-state index in [9.17, 15) is 8.42 Å². The van der Waals surface area contributed by atoms with E-state index in [2.05, 4.69) is 37.9 Å². The standard InChI is InChI=1S/C20H24N6O2S/c1-24(19-9-5-6-16(10-19)11-21-29(27)28)20-14-25(15-20)12-17-13-26(23-22-17)18-7-3-2-4-8-18/h2-10,13,20,29H,11-12,14-15H2,1H3,(H,21,27,28). The first-order valence-electron chi connectivity index (χ1n) is 9.47. The quantitative estimate of drug-likeness (QED) is 0.541. The number of anilines is 1. The lowest BCUT2D eigenvalue weighted by atomic mass is 10.1. The van der Waals surface area contributed by atoms with Gasteiger partial charge in [0.25, 0.3) is 0 Å². The van der Waals surface area contributed by atoms with Gasteiger partial charge < -0.3 is 4.90 Å². The van der Waals surface area contributed by atoms with Gasteiger partial charge >= 0.3 is 0 Å². The van der Waals surface area contributed by atoms with Crippen LogP contribution < -0.4 is 9.62 Å². The molecule has 0 spiro atoms. The molecule has 152 valence electrons. The molecule has 1 aliphatic rings. The van der Waals surface area contributed by atoms with Crippen molar-refractivity contribution >= 4 is 16.6 Å². The van der Waals surface area contributed by atoms with Crippen LogP contribution in [-0.4, -0.2) is 54.5 Å². The van der Waals surface area contributed by atoms with E-state index in [-0.39, 0.29) is 0 Å². The highest BCUT2D eigenvalue weighted by molar-refractivity contribution is 7.70. The van der Waals surface area contributed by atoms with E-state index in [1.807, 2.05) is 54.7 Å². The number of benzene rings is 2. The first-order valence-corrected chi connectivity index (χ1v) is 10.6. The van der Waals surface area contributed by atoms with E-state index in [0.717, 1.165) is 42.3 Å². The summed E-state index contributed by atoms with van der Waals surface area (Å²) in [6, 6.07) is 18.3. The van der Waals surface area contributed by atoms with E-state index in [1.54, 1.807) is 4.68 Å². The molecule has 4 rings (SSSR count). The molecule has 2 heterocycles. The van der Waals surface area contributed by atoms with Crippen LogP contribution in [0.5, 0.6) is 0 Å². The van der Waals surface area contributed by atoms with Gasteiger partial charge in [-0.05, 0) is 29.8 Å². The van der Waals surface area contributed by atoms with Crippen molar-refractivity contribution < 1.29 is 8.42 Å². The summed E-state index contributed by atoms with van der Waals surface area (Å²) in [6.07, 6.45) is 1.98. The normalized spacial score (nSPS) is 14.8. The Morgan fingerprint density at radius 1 is 1.14 bits per heavy atom. The van der Waals surface area contributed by atoms with Crippen molar-refractivity contribution in [3.8, 4) is 5.69 Å². The Labute approximate surface area is 171 Å². The number of thiol groups is 1. The molecule has 0 unspecified atom stereocenters. The predicted octanol–water partition coefficient (Wildman–Crippen LogP) is 1.20. The summed E-state index contributed by atoms with van der Waals surface area (Å²) < 4.78 is 25.7. The number of hydrogen-bond donors (Lipinski definition) is 2. The van der Waals surface area contributed by atoms with Gasteiger partial charge in [0.1, 0.15) is 0 Å². The molecule has 1 saturated heterocycles. The maximum absolute atomic E-state index is 10.7. The Bertz CT molecular complexity index is 1020. The topological polar surface area (TPSA) is 83.4 Å². The van der Waals surface area contributed by atoms with Gasteiger partial charge in [-0.1, -0.05) is 35.5 Å². The van der Waals surface area contributed by atoms with Crippen LogP contribution in [-0.2, 0) is 24.0 Å². The fourth-order valence-electron chi connectivity index (χ4n) is 3.48. The largest absolute Gasteiger partial charge is 0.369 e. The van der Waals surface area contributed by atoms with Gasteiger partial charge in [-0.15, -0.1) is 5.10 Å². The summed E-state index contributed by atoms with van der Waals surface area (Å²) >= 11 is 0. The van der Waals surface area contributed by atoms with E-state index < -0.39 is 10.9 Å². The van der Waals surface area contributed by atoms with Crippen LogP contribution in [0.1, 0.15) is 11.3 Å². The molecule has 0 saturated carbocycles. The summed E-state index contributed by atoms with van der Waals surface area (Å²) in [7, 11) is -0.503. The van der Waals surface area contributed by atoms with Crippen LogP contribution in [0, 0.1) is 0 Å². The lowest BCUT2D eigenvalue weighted by Crippen LogP contribution is -2.58. The molecule has 0 atom stereocenters. The second-order valence-corrected chi connectivity index (χ2v) is 8.04. The number of rotatable bonds is 8. The van der Waals surface area contributed by atoms with Crippen LogP contribution in [0.25, 0.3) is 5.69 Å². The molecule has 0 bridgehead atoms. The molecular weight excluding hydrogens is 388 g/mol. The summed E-state index contributed by atoms with van der Waals surface area (Å²) in [5.41, 5.74) is 3.99. The van der Waals surface area contributed by atoms with Crippen LogP contribution >= 0.6 is 0 Å². The lowest BCUT2D eigenvalue weighted by Gasteiger charge is -2.44. The predicted molar refractivity (Wildman–Crippen MR) is 112 cm³/mol. The Hall–Kier alpha value is -2.75. The molecular formula is C20H24N6O2S. The molecule has 2 aromatic carbocycles. The molecule has 9 heteroatoms. The fourth-order valence-corrected chi connectivity index (χ4v) is 3.79. The molecule has 1 fully saturated rings. The third-order valence-corrected chi connectivity index (χ3v) is 5.58. The minimum Gasteiger partial charge on any atom is -0.369 e. The summed E-state index contributed by atoms with van der Waals surface area (Å²) in [5.74, 6) is 0. The summed E-state index contributed by atoms with van der Waals surface area (Å²) in [4.78, 5) is 4.59. The summed E-state index contributed by atoms with van der Waals surface area (Å²) in [5, 5.41) is 8.51. The average molecular weight is 413 g/mol. The zero-order chi connectivity index (χ0) is 20.2. The molecule has 0 radical (unpaired) electrons. The van der Waals surface area contributed by atoms with Crippen molar-refractivity contribution in [3.05, 3.63) is 72.1 Å². The first kappa shape index (κ1) is 19.6. The van der Waals surface area contributed by atoms with Crippen molar-refractivity contribution in [2.24, 2.45) is 0 Å². The maximum atomic E-state index is 10.7. The van der Waals surface area contributed by atoms with Crippen LogP contribution in [0.4, 0.5) is 5.69 Å². The smallest absolute Gasteiger partial charge is 0.201 e. The number of nitrogens with one attached hydrogen (secondary N) is 1. The number of para-hydroxylation sites is 1. The van der Waals surface area contributed by atoms with Crippen molar-refractivity contribution in [2.45, 2.75) is 19.1 Å². The highest BCUT2D eigenvalue weighted by Gasteiger charge is 2.30. The second-order valence-electron chi connectivity index (χ2n) is 7.21. The first-order chi connectivity index (χ1) is 14.1. The van der Waals surface area contributed by atoms with E-state index >= 15 is 0 Å². The van der Waals surface area contributed by atoms with Crippen molar-refractivity contribution in [3.63, 3.8) is 0 Å². The Kier molecular flexibility index (Phi) is 5.89. The Morgan fingerprint density at radius 3 is 2.69 bits per heavy atom. The highest BCUT2D eigenvalue weighted by atomic mass is 32.2. The number of likely N-dealkylation sites (N-methyl/N-ethyl adjacent to an activating group) is 1. The van der Waals surface area contributed by atoms with Crippen LogP contribution in [0.2, 0.25) is 0 Å². The zero-order valence-electron chi connectivity index (χ0n) is 16.2. The van der Waals surface area contributed by atoms with Gasteiger partial charge in [0.05, 0.1) is 23.6 Å². The molecule has 3 aromatic rings. The molecule has 1 N–H and O–H groups in total. The maximum Gasteiger partial charge on any atom is 0.201 e. The number of likely N-dealkylation sites (tertiary alicyclic amines) is 1. The fraction of sp³-hybridized carbons (Fsp3) is 0.300. The Morgan fingerprint density at radius 2 is 1.93 bits per heavy atom. The van der Waals surface area contributed by atoms with Gasteiger partial charge in [0, 0.05) is 38.9 Å². The lowest BCUT2D eigenvalue weighted by molar-refractivity contribution is 0.137. The average Bonchev–Trinajstić information content (AvgIpc) is 3.18. The van der Waals surface area contributed by atoms with E-state index in [0.29, 0.717) is 12.6 Å². The minimum atomic E-state index is -2.58. The molecule has 0 amide bonds. The molecule has 0 aliphatic carbocycles. The number of hydrogen-bond acceptors (Lipinski definition) is 6. The van der Waals surface area contributed by atoms with Crippen molar-refractivity contribution in [1.29, 1.82) is 0 Å². The summed E-state index contributed by atoms with van der Waals surface area (Å²) in [6.45, 7) is 2.99. The Balaban J connectivity index is 1.31. The van der Waals surface area contributed by atoms with Gasteiger partial charge in [-0.3, -0.25) is 4.90 Å². The number of aromatic nitrogens is 3. The van der Waals surface area contributed by atoms with Crippen molar-refractivity contribution in [2.75, 3.05) is 25.0 Å². The SMILES string of the molecule is CN(c1cccc(CN[SH](=O)=O)c1)C1CN(Cc2cn(-c3ccccc3)nn2)C1. The minimum absolute atomic E-state index is 0.314. The molecule has 8 nitrogen and oxygen atoms in total. The van der Waals surface area contributed by atoms with Crippen LogP contribution in [0.15, 0.2) is 60.8 Å². The molecule has 29 heavy (non-hydrogen) atoms. The van der Waals surface area contributed by atoms with E-state index in [1.165, 1.54) is 0 Å². The van der Waals surface area contributed by atoms with E-state index in [4.69, 9.17) is 0 Å². The number of nitrogens with zero attached hydrogens (tertiary/aromatic N) is 5. The second kappa shape index (κ2) is 8.73. The van der Waals surface area contributed by atoms with Gasteiger partial charge in [-0.2, -0.15) is 0 Å². The van der Waals surface area contributed by atoms with Gasteiger partial charge in [0.15, 0.2) is 0 Å². The monoisotopic (exact) mass is 412 g/mol. The highest BCUT2D eigenvalue weighted by Crippen LogP contribution is 2.23. The van der Waals surface area contributed by atoms with Crippen LogP contribution in [0.3, 0.4) is 0 Å². The van der Waals surface area contributed by atoms with Gasteiger partial charge in [0.2, 0.25) is 10.9 Å². The zero-order valence-corrected chi connectivity index (χ0v) is 17.1. The molecule has 1 aromatic heterocycles. The van der Waals surface area contributed by atoms with Crippen molar-refractivity contribution in [1.82, 2.24) is 24.6 Å². The third-order valence-electron chi connectivity index (χ3n) is 5.16. The van der Waals surface area contributed by atoms with Gasteiger partial charge in [-0.25, -0.2) is 17.8 Å².